The van der Waals surface area contributed by atoms with E-state index in [2.05, 4.69) is 10.3 Å². The molecule has 0 bridgehead atoms. The van der Waals surface area contributed by atoms with Crippen molar-refractivity contribution in [2.24, 2.45) is 0 Å². The minimum absolute atomic E-state index is 0.160. The molecule has 3 rings (SSSR count). The molecule has 6 nitrogen and oxygen atoms in total. The van der Waals surface area contributed by atoms with Crippen LogP contribution in [0.15, 0.2) is 71.6 Å². The normalized spacial score (nSPS) is 11.7. The number of carbonyl (C=O) groups is 2. The monoisotopic (exact) mass is 395 g/mol. The predicted octanol–water partition coefficient (Wildman–Crippen LogP) is 3.38. The third-order valence-corrected chi connectivity index (χ3v) is 4.50. The van der Waals surface area contributed by atoms with E-state index in [1.165, 1.54) is 23.3 Å². The van der Waals surface area contributed by atoms with Gasteiger partial charge in [0, 0.05) is 31.0 Å². The predicted molar refractivity (Wildman–Crippen MR) is 106 cm³/mol. The van der Waals surface area contributed by atoms with Gasteiger partial charge in [-0.05, 0) is 49.2 Å². The summed E-state index contributed by atoms with van der Waals surface area (Å²) in [4.78, 5) is 31.4. The molecule has 2 heterocycles. The fraction of sp³-hybridized carbons (Fsp3) is 0.227. The molecule has 0 saturated heterocycles. The van der Waals surface area contributed by atoms with Gasteiger partial charge in [0.15, 0.2) is 5.76 Å². The number of likely N-dealkylation sites (N-methyl/N-ethyl adjacent to an activating group) is 1. The van der Waals surface area contributed by atoms with Crippen molar-refractivity contribution in [1.29, 1.82) is 0 Å². The van der Waals surface area contributed by atoms with Gasteiger partial charge in [-0.3, -0.25) is 14.6 Å². The number of hydrogen-bond donors (Lipinski definition) is 1. The highest BCUT2D eigenvalue weighted by Crippen LogP contribution is 2.23. The topological polar surface area (TPSA) is 75.4 Å². The van der Waals surface area contributed by atoms with Gasteiger partial charge in [-0.2, -0.15) is 0 Å². The van der Waals surface area contributed by atoms with Crippen molar-refractivity contribution in [3.05, 3.63) is 89.9 Å². The van der Waals surface area contributed by atoms with Crippen LogP contribution in [0.1, 0.15) is 34.6 Å². The van der Waals surface area contributed by atoms with Crippen LogP contribution in [0.5, 0.6) is 0 Å². The minimum atomic E-state index is -0.862. The van der Waals surface area contributed by atoms with Gasteiger partial charge in [-0.25, -0.2) is 4.39 Å². The zero-order valence-electron chi connectivity index (χ0n) is 16.0. The highest BCUT2D eigenvalue weighted by Gasteiger charge is 2.32. The highest BCUT2D eigenvalue weighted by atomic mass is 19.1. The van der Waals surface area contributed by atoms with Crippen LogP contribution < -0.4 is 5.32 Å². The van der Waals surface area contributed by atoms with E-state index in [1.54, 1.807) is 55.7 Å². The molecular formula is C22H22FN3O3. The fourth-order valence-electron chi connectivity index (χ4n) is 3.11. The molecule has 0 radical (unpaired) electrons. The number of amides is 2. The van der Waals surface area contributed by atoms with Crippen molar-refractivity contribution in [2.75, 3.05) is 13.1 Å². The summed E-state index contributed by atoms with van der Waals surface area (Å²) in [5.74, 6) is -0.876. The standard InChI is InChI=1S/C22H22FN3O3/c1-2-26(22(28)19-9-5-13-29-19)20(17-7-4-11-24-15-17)21(27)25-12-10-16-6-3-8-18(23)14-16/h3-9,11,13-15,20H,2,10,12H2,1H3,(H,25,27). The molecule has 1 unspecified atom stereocenters. The van der Waals surface area contributed by atoms with Gasteiger partial charge >= 0.3 is 0 Å². The smallest absolute Gasteiger partial charge is 0.290 e. The summed E-state index contributed by atoms with van der Waals surface area (Å²) in [7, 11) is 0. The average Bonchev–Trinajstić information content (AvgIpc) is 3.27. The Hall–Kier alpha value is -3.48. The Balaban J connectivity index is 1.77. The minimum Gasteiger partial charge on any atom is -0.459 e. The van der Waals surface area contributed by atoms with E-state index in [4.69, 9.17) is 4.42 Å². The van der Waals surface area contributed by atoms with Crippen LogP contribution in [0, 0.1) is 5.82 Å². The molecule has 0 fully saturated rings. The number of aromatic nitrogens is 1. The first kappa shape index (κ1) is 20.3. The highest BCUT2D eigenvalue weighted by molar-refractivity contribution is 5.96. The molecule has 1 N–H and O–H groups in total. The summed E-state index contributed by atoms with van der Waals surface area (Å²) in [5, 5.41) is 2.85. The Morgan fingerprint density at radius 1 is 1.21 bits per heavy atom. The number of nitrogens with zero attached hydrogens (tertiary/aromatic N) is 2. The molecule has 1 aromatic carbocycles. The Labute approximate surface area is 168 Å². The third-order valence-electron chi connectivity index (χ3n) is 4.50. The number of furan rings is 1. The first-order chi connectivity index (χ1) is 14.1. The molecule has 7 heteroatoms. The largest absolute Gasteiger partial charge is 0.459 e. The molecule has 0 aliphatic carbocycles. The lowest BCUT2D eigenvalue weighted by Gasteiger charge is -2.29. The van der Waals surface area contributed by atoms with Gasteiger partial charge in [-0.15, -0.1) is 0 Å². The Bertz CT molecular complexity index is 945. The van der Waals surface area contributed by atoms with Gasteiger partial charge in [0.1, 0.15) is 11.9 Å². The second kappa shape index (κ2) is 9.64. The van der Waals surface area contributed by atoms with E-state index in [0.717, 1.165) is 5.56 Å². The first-order valence-corrected chi connectivity index (χ1v) is 9.36. The van der Waals surface area contributed by atoms with E-state index in [9.17, 15) is 14.0 Å². The van der Waals surface area contributed by atoms with Gasteiger partial charge in [0.05, 0.1) is 6.26 Å². The number of hydrogen-bond acceptors (Lipinski definition) is 4. The van der Waals surface area contributed by atoms with Crippen molar-refractivity contribution in [3.63, 3.8) is 0 Å². The van der Waals surface area contributed by atoms with Crippen LogP contribution in [-0.2, 0) is 11.2 Å². The molecule has 1 atom stereocenters. The van der Waals surface area contributed by atoms with Crippen LogP contribution in [0.2, 0.25) is 0 Å². The van der Waals surface area contributed by atoms with Crippen LogP contribution in [0.4, 0.5) is 4.39 Å². The van der Waals surface area contributed by atoms with E-state index in [0.29, 0.717) is 25.1 Å². The second-order valence-electron chi connectivity index (χ2n) is 6.43. The van der Waals surface area contributed by atoms with Gasteiger partial charge < -0.3 is 14.6 Å². The number of halogens is 1. The van der Waals surface area contributed by atoms with Crippen molar-refractivity contribution in [2.45, 2.75) is 19.4 Å². The quantitative estimate of drug-likeness (QED) is 0.635. The fourth-order valence-corrected chi connectivity index (χ4v) is 3.11. The Morgan fingerprint density at radius 2 is 2.07 bits per heavy atom. The summed E-state index contributed by atoms with van der Waals surface area (Å²) in [6, 6.07) is 12.0. The molecule has 2 aromatic heterocycles. The molecule has 2 amide bonds. The first-order valence-electron chi connectivity index (χ1n) is 9.36. The lowest BCUT2D eigenvalue weighted by Crippen LogP contribution is -2.44. The maximum Gasteiger partial charge on any atom is 0.290 e. The second-order valence-corrected chi connectivity index (χ2v) is 6.43. The van der Waals surface area contributed by atoms with Crippen LogP contribution in [0.25, 0.3) is 0 Å². The average molecular weight is 395 g/mol. The van der Waals surface area contributed by atoms with E-state index in [1.807, 2.05) is 0 Å². The molecule has 0 saturated carbocycles. The number of pyridine rings is 1. The van der Waals surface area contributed by atoms with E-state index >= 15 is 0 Å². The lowest BCUT2D eigenvalue weighted by atomic mass is 10.1. The summed E-state index contributed by atoms with van der Waals surface area (Å²) in [6.07, 6.45) is 5.06. The van der Waals surface area contributed by atoms with Crippen molar-refractivity contribution in [3.8, 4) is 0 Å². The van der Waals surface area contributed by atoms with E-state index in [-0.39, 0.29) is 23.4 Å². The molecule has 29 heavy (non-hydrogen) atoms. The van der Waals surface area contributed by atoms with Gasteiger partial charge in [-0.1, -0.05) is 18.2 Å². The molecule has 0 spiro atoms. The molecule has 0 aliphatic heterocycles. The maximum atomic E-state index is 13.3. The van der Waals surface area contributed by atoms with Crippen molar-refractivity contribution < 1.29 is 18.4 Å². The molecule has 0 aliphatic rings. The number of nitrogens with one attached hydrogen (secondary N) is 1. The summed E-state index contributed by atoms with van der Waals surface area (Å²) < 4.78 is 18.6. The zero-order chi connectivity index (χ0) is 20.6. The van der Waals surface area contributed by atoms with Crippen molar-refractivity contribution in [1.82, 2.24) is 15.2 Å². The summed E-state index contributed by atoms with van der Waals surface area (Å²) in [6.45, 7) is 2.41. The molecule has 150 valence electrons. The lowest BCUT2D eigenvalue weighted by molar-refractivity contribution is -0.125. The number of rotatable bonds is 8. The van der Waals surface area contributed by atoms with Crippen molar-refractivity contribution >= 4 is 11.8 Å². The van der Waals surface area contributed by atoms with Gasteiger partial charge in [0.25, 0.3) is 5.91 Å². The zero-order valence-corrected chi connectivity index (χ0v) is 16.0. The number of carbonyl (C=O) groups excluding carboxylic acids is 2. The van der Waals surface area contributed by atoms with Crippen LogP contribution >= 0.6 is 0 Å². The summed E-state index contributed by atoms with van der Waals surface area (Å²) in [5.41, 5.74) is 1.37. The molecule has 3 aromatic rings. The summed E-state index contributed by atoms with van der Waals surface area (Å²) >= 11 is 0. The Kier molecular flexibility index (Phi) is 6.73. The van der Waals surface area contributed by atoms with Gasteiger partial charge in [0.2, 0.25) is 5.91 Å². The maximum absolute atomic E-state index is 13.3. The third kappa shape index (κ3) is 5.07. The van der Waals surface area contributed by atoms with Crippen LogP contribution in [-0.4, -0.2) is 34.8 Å². The SMILES string of the molecule is CCN(C(=O)c1ccco1)C(C(=O)NCCc1cccc(F)c1)c1cccnc1. The Morgan fingerprint density at radius 3 is 2.72 bits per heavy atom. The van der Waals surface area contributed by atoms with Crippen LogP contribution in [0.3, 0.4) is 0 Å². The number of benzene rings is 1. The molecular weight excluding hydrogens is 373 g/mol. The van der Waals surface area contributed by atoms with E-state index < -0.39 is 6.04 Å².